The number of carbonyl (C=O) groups excluding carboxylic acids is 3. The van der Waals surface area contributed by atoms with Crippen molar-refractivity contribution in [2.75, 3.05) is 18.4 Å². The molecule has 1 fully saturated rings. The second kappa shape index (κ2) is 15.3. The van der Waals surface area contributed by atoms with E-state index in [9.17, 15) is 22.8 Å². The molecule has 0 aromatic heterocycles. The van der Waals surface area contributed by atoms with Crippen LogP contribution in [0.25, 0.3) is 0 Å². The number of piperidine rings is 1. The lowest BCUT2D eigenvalue weighted by atomic mass is 9.86. The normalized spacial score (nSPS) is 20.4. The second-order valence-corrected chi connectivity index (χ2v) is 14.6. The summed E-state index contributed by atoms with van der Waals surface area (Å²) >= 11 is 0. The molecular weight excluding hydrogens is 634 g/mol. The maximum Gasteiger partial charge on any atom is 0.413 e. The average Bonchev–Trinajstić information content (AvgIpc) is 3.18. The molecule has 4 amide bonds. The fourth-order valence-corrected chi connectivity index (χ4v) is 6.98. The summed E-state index contributed by atoms with van der Waals surface area (Å²) in [5.74, 6) is 0.374. The number of para-hydroxylation sites is 1. The molecule has 3 unspecified atom stereocenters. The Morgan fingerprint density at radius 1 is 0.792 bits per heavy atom. The van der Waals surface area contributed by atoms with E-state index < -0.39 is 28.1 Å². The molecule has 48 heavy (non-hydrogen) atoms. The fourth-order valence-electron chi connectivity index (χ4n) is 5.72. The first-order chi connectivity index (χ1) is 22.9. The largest absolute Gasteiger partial charge is 0.413 e. The van der Waals surface area contributed by atoms with E-state index in [0.717, 1.165) is 19.4 Å². The second-order valence-electron chi connectivity index (χ2n) is 12.6. The van der Waals surface area contributed by atoms with E-state index in [1.165, 1.54) is 48.5 Å². The van der Waals surface area contributed by atoms with Crippen LogP contribution in [0.1, 0.15) is 39.5 Å². The van der Waals surface area contributed by atoms with Crippen LogP contribution in [-0.2, 0) is 9.84 Å². The first-order valence-corrected chi connectivity index (χ1v) is 17.4. The third-order valence-electron chi connectivity index (χ3n) is 8.07. The smallest absolute Gasteiger partial charge is 0.410 e. The van der Waals surface area contributed by atoms with E-state index in [2.05, 4.69) is 40.4 Å². The Labute approximate surface area is 280 Å². The summed E-state index contributed by atoms with van der Waals surface area (Å²) in [5, 5.41) is 14.7. The Morgan fingerprint density at radius 3 is 1.98 bits per heavy atom. The van der Waals surface area contributed by atoms with Gasteiger partial charge in [-0.15, -0.1) is 0 Å². The van der Waals surface area contributed by atoms with Crippen LogP contribution in [0.5, 0.6) is 11.5 Å². The number of carbonyl (C=O) groups is 3. The quantitative estimate of drug-likeness (QED) is 0.199. The molecule has 3 aromatic rings. The van der Waals surface area contributed by atoms with Gasteiger partial charge < -0.3 is 36.1 Å². The van der Waals surface area contributed by atoms with Crippen molar-refractivity contribution in [3.63, 3.8) is 0 Å². The number of allylic oxidation sites excluding steroid dienone is 1. The zero-order valence-corrected chi connectivity index (χ0v) is 27.7. The van der Waals surface area contributed by atoms with Gasteiger partial charge in [-0.1, -0.05) is 44.2 Å². The molecule has 1 aliphatic carbocycles. The Bertz CT molecular complexity index is 1710. The van der Waals surface area contributed by atoms with Gasteiger partial charge in [0.05, 0.1) is 15.8 Å². The fraction of sp³-hybridized carbons (Fsp3) is 0.343. The minimum absolute atomic E-state index is 0.00287. The highest BCUT2D eigenvalue weighted by Crippen LogP contribution is 2.30. The van der Waals surface area contributed by atoms with Crippen LogP contribution in [0.4, 0.5) is 20.1 Å². The van der Waals surface area contributed by atoms with Crippen molar-refractivity contribution in [1.29, 1.82) is 0 Å². The van der Waals surface area contributed by atoms with E-state index in [0.29, 0.717) is 25.1 Å². The summed E-state index contributed by atoms with van der Waals surface area (Å²) in [5.41, 5.74) is 0.454. The highest BCUT2D eigenvalue weighted by molar-refractivity contribution is 7.91. The summed E-state index contributed by atoms with van der Waals surface area (Å²) in [6.07, 6.45) is 5.53. The summed E-state index contributed by atoms with van der Waals surface area (Å²) in [7, 11) is -3.90. The Hall–Kier alpha value is -4.88. The van der Waals surface area contributed by atoms with Gasteiger partial charge in [0.25, 0.3) is 0 Å². The molecule has 5 N–H and O–H groups in total. The number of anilines is 1. The third kappa shape index (κ3) is 9.81. The number of amides is 4. The monoisotopic (exact) mass is 675 g/mol. The van der Waals surface area contributed by atoms with Gasteiger partial charge in [-0.2, -0.15) is 0 Å². The van der Waals surface area contributed by atoms with Gasteiger partial charge in [0.2, 0.25) is 9.84 Å². The van der Waals surface area contributed by atoms with E-state index >= 15 is 0 Å². The third-order valence-corrected chi connectivity index (χ3v) is 9.85. The van der Waals surface area contributed by atoms with Crippen molar-refractivity contribution in [3.05, 3.63) is 91.0 Å². The number of ether oxygens (including phenoxy) is 2. The molecule has 0 spiro atoms. The molecule has 2 aliphatic rings. The van der Waals surface area contributed by atoms with Gasteiger partial charge >= 0.3 is 18.2 Å². The van der Waals surface area contributed by atoms with Crippen LogP contribution >= 0.6 is 0 Å². The molecule has 13 heteroatoms. The maximum absolute atomic E-state index is 13.2. The summed E-state index contributed by atoms with van der Waals surface area (Å²) < 4.78 is 37.2. The highest BCUT2D eigenvalue weighted by atomic mass is 32.2. The molecule has 3 aromatic carbocycles. The minimum Gasteiger partial charge on any atom is -0.410 e. The Kier molecular flexibility index (Phi) is 11.0. The van der Waals surface area contributed by atoms with E-state index in [1.807, 2.05) is 30.4 Å². The maximum atomic E-state index is 13.2. The topological polar surface area (TPSA) is 164 Å². The zero-order chi connectivity index (χ0) is 34.1. The van der Waals surface area contributed by atoms with Crippen molar-refractivity contribution in [2.24, 2.45) is 5.41 Å². The lowest BCUT2D eigenvalue weighted by molar-refractivity contribution is 0.192. The number of sulfone groups is 1. The number of nitrogens with one attached hydrogen (secondary N) is 5. The molecule has 0 bridgehead atoms. The van der Waals surface area contributed by atoms with Crippen LogP contribution in [0, 0.1) is 5.41 Å². The molecule has 254 valence electrons. The van der Waals surface area contributed by atoms with E-state index in [-0.39, 0.29) is 44.8 Å². The van der Waals surface area contributed by atoms with Crippen molar-refractivity contribution >= 4 is 33.7 Å². The predicted octanol–water partition coefficient (Wildman–Crippen LogP) is 5.38. The molecule has 0 radical (unpaired) electrons. The standard InChI is InChI=1S/C35H41N5O7S/c1-35(2)19-18-25(21-27(22-35)38-32(41)37-24-7-4-3-5-8-24)39-33(42)46-28-10-14-30(15-11-28)48(44,45)31-16-12-29(13-17-31)47-34(43)40-26-9-6-20-36-23-26/h3-5,7-8,10-19,25-27,36H,6,9,20-23H2,1-2H3,(H,39,42)(H,40,43)(H2,37,38,41). The van der Waals surface area contributed by atoms with E-state index in [4.69, 9.17) is 9.47 Å². The average molecular weight is 676 g/mol. The van der Waals surface area contributed by atoms with Gasteiger partial charge in [-0.3, -0.25) is 0 Å². The number of rotatable bonds is 8. The number of benzene rings is 3. The molecule has 5 rings (SSSR count). The molecule has 12 nitrogen and oxygen atoms in total. The van der Waals surface area contributed by atoms with Crippen LogP contribution < -0.4 is 36.1 Å². The first kappa shape index (κ1) is 34.5. The number of urea groups is 1. The SMILES string of the molecule is CC1(C)C=CC(NC(=O)Oc2ccc(S(=O)(=O)c3ccc(OC(=O)NC4CCCNC4)cc3)cc2)CC(NC(=O)Nc2ccccc2)C1. The van der Waals surface area contributed by atoms with Crippen molar-refractivity contribution < 1.29 is 32.3 Å². The van der Waals surface area contributed by atoms with Gasteiger partial charge in [0, 0.05) is 24.3 Å². The van der Waals surface area contributed by atoms with Crippen molar-refractivity contribution in [3.8, 4) is 11.5 Å². The molecule has 1 heterocycles. The predicted molar refractivity (Wildman–Crippen MR) is 181 cm³/mol. The minimum atomic E-state index is -3.90. The van der Waals surface area contributed by atoms with E-state index in [1.54, 1.807) is 12.1 Å². The van der Waals surface area contributed by atoms with Crippen molar-refractivity contribution in [2.45, 2.75) is 67.4 Å². The molecular formula is C35H41N5O7S. The summed E-state index contributed by atoms with van der Waals surface area (Å²) in [4.78, 5) is 37.7. The number of hydrogen-bond donors (Lipinski definition) is 5. The van der Waals surface area contributed by atoms with Gasteiger partial charge in [-0.05, 0) is 98.3 Å². The first-order valence-electron chi connectivity index (χ1n) is 15.9. The van der Waals surface area contributed by atoms with Gasteiger partial charge in [0.15, 0.2) is 0 Å². The summed E-state index contributed by atoms with van der Waals surface area (Å²) in [6.45, 7) is 5.71. The van der Waals surface area contributed by atoms with Crippen molar-refractivity contribution in [1.82, 2.24) is 21.3 Å². The highest BCUT2D eigenvalue weighted by Gasteiger charge is 2.29. The lowest BCUT2D eigenvalue weighted by Crippen LogP contribution is -2.46. The van der Waals surface area contributed by atoms with Gasteiger partial charge in [-0.25, -0.2) is 22.8 Å². The van der Waals surface area contributed by atoms with Crippen LogP contribution in [-0.4, -0.2) is 57.9 Å². The van der Waals surface area contributed by atoms with Gasteiger partial charge in [0.1, 0.15) is 11.5 Å². The zero-order valence-electron chi connectivity index (χ0n) is 26.9. The molecule has 1 aliphatic heterocycles. The van der Waals surface area contributed by atoms with Crippen LogP contribution in [0.3, 0.4) is 0 Å². The van der Waals surface area contributed by atoms with Crippen LogP contribution in [0.15, 0.2) is 101 Å². The summed E-state index contributed by atoms with van der Waals surface area (Å²) in [6, 6.07) is 19.2. The van der Waals surface area contributed by atoms with Crippen LogP contribution in [0.2, 0.25) is 0 Å². The lowest BCUT2D eigenvalue weighted by Gasteiger charge is -2.26. The molecule has 1 saturated heterocycles. The Morgan fingerprint density at radius 2 is 1.40 bits per heavy atom. The number of hydrogen-bond acceptors (Lipinski definition) is 8. The molecule has 3 atom stereocenters. The Balaban J connectivity index is 1.14. The molecule has 0 saturated carbocycles.